The van der Waals surface area contributed by atoms with Gasteiger partial charge in [0.25, 0.3) is 5.56 Å². The van der Waals surface area contributed by atoms with Crippen molar-refractivity contribution >= 4 is 9.84 Å². The van der Waals surface area contributed by atoms with Crippen molar-refractivity contribution in [2.45, 2.75) is 43.0 Å². The summed E-state index contributed by atoms with van der Waals surface area (Å²) in [4.78, 5) is 16.0. The Labute approximate surface area is 130 Å². The Morgan fingerprint density at radius 2 is 1.64 bits per heavy atom. The monoisotopic (exact) mass is 320 g/mol. The summed E-state index contributed by atoms with van der Waals surface area (Å²) >= 11 is 0. The maximum Gasteiger partial charge on any atom is 0.269 e. The van der Waals surface area contributed by atoms with E-state index in [2.05, 4.69) is 4.98 Å². The third-order valence-electron chi connectivity index (χ3n) is 3.46. The van der Waals surface area contributed by atoms with E-state index in [0.717, 1.165) is 11.8 Å². The summed E-state index contributed by atoms with van der Waals surface area (Å²) < 4.78 is 27.2. The molecule has 0 saturated carbocycles. The fourth-order valence-corrected chi connectivity index (χ4v) is 3.97. The van der Waals surface area contributed by atoms with E-state index in [4.69, 9.17) is 0 Å². The molecule has 0 saturated heterocycles. The second kappa shape index (κ2) is 5.35. The maximum atomic E-state index is 12.9. The molecule has 0 aliphatic carbocycles. The average Bonchev–Trinajstić information content (AvgIpc) is 2.40. The number of aromatic nitrogens is 2. The van der Waals surface area contributed by atoms with Crippen LogP contribution in [0.3, 0.4) is 0 Å². The molecule has 0 unspecified atom stereocenters. The normalized spacial score (nSPS) is 12.4. The summed E-state index contributed by atoms with van der Waals surface area (Å²) in [5, 5.41) is -0.0639. The van der Waals surface area contributed by atoms with Crippen LogP contribution in [-0.2, 0) is 22.3 Å². The molecule has 6 heteroatoms. The Kier molecular flexibility index (Phi) is 4.00. The average molecular weight is 320 g/mol. The maximum absolute atomic E-state index is 12.9. The zero-order chi connectivity index (χ0) is 16.7. The first-order valence-corrected chi connectivity index (χ1v) is 8.42. The Balaban J connectivity index is 2.80. The van der Waals surface area contributed by atoms with Crippen LogP contribution >= 0.6 is 0 Å². The topological polar surface area (TPSA) is 69.0 Å². The van der Waals surface area contributed by atoms with Crippen LogP contribution in [0.4, 0.5) is 0 Å². The van der Waals surface area contributed by atoms with Gasteiger partial charge in [0.15, 0.2) is 5.03 Å². The van der Waals surface area contributed by atoms with Gasteiger partial charge >= 0.3 is 0 Å². The lowest BCUT2D eigenvalue weighted by Crippen LogP contribution is -2.31. The number of aryl methyl sites for hydroxylation is 1. The van der Waals surface area contributed by atoms with Crippen molar-refractivity contribution in [3.8, 4) is 0 Å². The van der Waals surface area contributed by atoms with Gasteiger partial charge in [-0.25, -0.2) is 13.4 Å². The van der Waals surface area contributed by atoms with Crippen molar-refractivity contribution in [1.82, 2.24) is 9.55 Å². The summed E-state index contributed by atoms with van der Waals surface area (Å²) in [7, 11) is -2.21. The molecular weight excluding hydrogens is 300 g/mol. The molecule has 1 aromatic heterocycles. The molecule has 0 fully saturated rings. The second-order valence-electron chi connectivity index (χ2n) is 6.38. The molecule has 0 aliphatic rings. The van der Waals surface area contributed by atoms with Crippen molar-refractivity contribution in [2.24, 2.45) is 7.05 Å². The summed E-state index contributed by atoms with van der Waals surface area (Å²) in [5.41, 5.74) is 0.520. The Bertz CT molecular complexity index is 858. The van der Waals surface area contributed by atoms with Gasteiger partial charge in [-0.1, -0.05) is 38.5 Å². The molecule has 1 heterocycles. The van der Waals surface area contributed by atoms with Gasteiger partial charge in [-0.3, -0.25) is 4.79 Å². The molecular formula is C16H20N2O3S. The van der Waals surface area contributed by atoms with Crippen molar-refractivity contribution in [3.05, 3.63) is 52.1 Å². The van der Waals surface area contributed by atoms with Crippen LogP contribution in [0.15, 0.2) is 45.2 Å². The van der Waals surface area contributed by atoms with Crippen LogP contribution < -0.4 is 5.56 Å². The van der Waals surface area contributed by atoms with Crippen molar-refractivity contribution in [2.75, 3.05) is 0 Å². The quantitative estimate of drug-likeness (QED) is 0.851. The van der Waals surface area contributed by atoms with Gasteiger partial charge in [0, 0.05) is 12.5 Å². The molecule has 0 radical (unpaired) electrons. The minimum atomic E-state index is -3.78. The number of hydrogen-bond donors (Lipinski definition) is 0. The highest BCUT2D eigenvalue weighted by atomic mass is 32.2. The molecule has 1 aromatic carbocycles. The molecule has 0 spiro atoms. The Morgan fingerprint density at radius 1 is 1.09 bits per heavy atom. The van der Waals surface area contributed by atoms with Crippen LogP contribution in [0.5, 0.6) is 0 Å². The van der Waals surface area contributed by atoms with Crippen molar-refractivity contribution in [1.29, 1.82) is 0 Å². The van der Waals surface area contributed by atoms with E-state index in [1.807, 2.05) is 27.7 Å². The molecule has 0 atom stereocenters. The Morgan fingerprint density at radius 3 is 2.14 bits per heavy atom. The summed E-state index contributed by atoms with van der Waals surface area (Å²) in [6, 6.07) is 6.60. The zero-order valence-electron chi connectivity index (χ0n) is 13.4. The van der Waals surface area contributed by atoms with Crippen molar-refractivity contribution in [3.63, 3.8) is 0 Å². The predicted molar refractivity (Wildman–Crippen MR) is 84.8 cm³/mol. The van der Waals surface area contributed by atoms with Crippen LogP contribution in [0, 0.1) is 6.92 Å². The van der Waals surface area contributed by atoms with E-state index in [1.165, 1.54) is 4.57 Å². The molecule has 0 bridgehead atoms. The summed E-state index contributed by atoms with van der Waals surface area (Å²) in [5.74, 6) is 0. The minimum Gasteiger partial charge on any atom is -0.311 e. The lowest BCUT2D eigenvalue weighted by atomic mass is 9.92. The van der Waals surface area contributed by atoms with Gasteiger partial charge < -0.3 is 4.57 Å². The molecule has 0 amide bonds. The molecule has 22 heavy (non-hydrogen) atoms. The number of sulfone groups is 1. The molecule has 2 rings (SSSR count). The molecule has 118 valence electrons. The number of benzene rings is 1. The highest BCUT2D eigenvalue weighted by Crippen LogP contribution is 2.29. The highest BCUT2D eigenvalue weighted by molar-refractivity contribution is 7.91. The summed E-state index contributed by atoms with van der Waals surface area (Å²) in [6.07, 6.45) is 1.05. The van der Waals surface area contributed by atoms with Gasteiger partial charge in [0.05, 0.1) is 16.8 Å². The lowest BCUT2D eigenvalue weighted by Gasteiger charge is -2.24. The standard InChI is InChI=1S/C16H20N2O3S/c1-11-6-8-12(9-7-11)22(20,21)15-14(16(2,3)4)18(5)13(19)10-17-15/h6-10H,1-5H3. The number of hydrogen-bond acceptors (Lipinski definition) is 4. The fraction of sp³-hybridized carbons (Fsp3) is 0.375. The van der Waals surface area contributed by atoms with E-state index in [1.54, 1.807) is 31.3 Å². The zero-order valence-corrected chi connectivity index (χ0v) is 14.2. The first kappa shape index (κ1) is 16.4. The lowest BCUT2D eigenvalue weighted by molar-refractivity contribution is 0.496. The summed E-state index contributed by atoms with van der Waals surface area (Å²) in [6.45, 7) is 7.47. The molecule has 0 N–H and O–H groups in total. The largest absolute Gasteiger partial charge is 0.311 e. The highest BCUT2D eigenvalue weighted by Gasteiger charge is 2.31. The van der Waals surface area contributed by atoms with Gasteiger partial charge in [-0.2, -0.15) is 0 Å². The van der Waals surface area contributed by atoms with Gasteiger partial charge in [-0.15, -0.1) is 0 Å². The predicted octanol–water partition coefficient (Wildman–Crippen LogP) is 2.22. The number of nitrogens with zero attached hydrogens (tertiary/aromatic N) is 2. The Hall–Kier alpha value is -1.95. The molecule has 5 nitrogen and oxygen atoms in total. The first-order valence-electron chi connectivity index (χ1n) is 6.93. The molecule has 2 aromatic rings. The van der Waals surface area contributed by atoms with Crippen LogP contribution in [0.25, 0.3) is 0 Å². The van der Waals surface area contributed by atoms with Gasteiger partial charge in [-0.05, 0) is 19.1 Å². The van der Waals surface area contributed by atoms with Crippen molar-refractivity contribution < 1.29 is 8.42 Å². The van der Waals surface area contributed by atoms with E-state index in [-0.39, 0.29) is 15.5 Å². The number of rotatable bonds is 2. The van der Waals surface area contributed by atoms with E-state index < -0.39 is 15.3 Å². The van der Waals surface area contributed by atoms with Crippen LogP contribution in [-0.4, -0.2) is 18.0 Å². The third-order valence-corrected chi connectivity index (χ3v) is 5.16. The first-order chi connectivity index (χ1) is 10.0. The second-order valence-corrected chi connectivity index (χ2v) is 8.24. The molecule has 0 aliphatic heterocycles. The van der Waals surface area contributed by atoms with E-state index >= 15 is 0 Å². The van der Waals surface area contributed by atoms with E-state index in [0.29, 0.717) is 5.69 Å². The smallest absolute Gasteiger partial charge is 0.269 e. The van der Waals surface area contributed by atoms with Crippen LogP contribution in [0.1, 0.15) is 32.0 Å². The van der Waals surface area contributed by atoms with Gasteiger partial charge in [0.1, 0.15) is 0 Å². The third kappa shape index (κ3) is 2.83. The minimum absolute atomic E-state index is 0.0639. The van der Waals surface area contributed by atoms with E-state index in [9.17, 15) is 13.2 Å². The van der Waals surface area contributed by atoms with Crippen LogP contribution in [0.2, 0.25) is 0 Å². The van der Waals surface area contributed by atoms with Gasteiger partial charge in [0.2, 0.25) is 9.84 Å². The fourth-order valence-electron chi connectivity index (χ4n) is 2.36. The SMILES string of the molecule is Cc1ccc(S(=O)(=O)c2ncc(=O)n(C)c2C(C)(C)C)cc1.